The maximum absolute atomic E-state index is 13.4. The number of nitrogens with one attached hydrogen (secondary N) is 1. The van der Waals surface area contributed by atoms with E-state index in [4.69, 9.17) is 27.9 Å². The number of benzene rings is 2. The first-order valence-electron chi connectivity index (χ1n) is 12.6. The summed E-state index contributed by atoms with van der Waals surface area (Å²) in [6, 6.07) is 11.2. The Hall–Kier alpha value is -2.49. The lowest BCUT2D eigenvalue weighted by Crippen LogP contribution is -2.49. The van der Waals surface area contributed by atoms with Gasteiger partial charge in [0.25, 0.3) is 0 Å². The summed E-state index contributed by atoms with van der Waals surface area (Å²) in [4.78, 5) is 27.8. The van der Waals surface area contributed by atoms with Crippen LogP contribution in [0.3, 0.4) is 0 Å². The first-order chi connectivity index (χ1) is 17.9. The zero-order chi connectivity index (χ0) is 28.5. The molecular weight excluding hydrogens is 549 g/mol. The minimum atomic E-state index is -3.64. The molecule has 2 atom stereocenters. The average molecular weight is 587 g/mol. The van der Waals surface area contributed by atoms with Crippen LogP contribution in [-0.2, 0) is 26.2 Å². The van der Waals surface area contributed by atoms with Gasteiger partial charge in [-0.2, -0.15) is 0 Å². The molecule has 0 saturated heterocycles. The number of amides is 2. The highest BCUT2D eigenvalue weighted by molar-refractivity contribution is 7.92. The quantitative estimate of drug-likeness (QED) is 0.326. The Labute approximate surface area is 236 Å². The second kappa shape index (κ2) is 14.6. The Morgan fingerprint density at radius 2 is 1.74 bits per heavy atom. The number of rotatable bonds is 14. The summed E-state index contributed by atoms with van der Waals surface area (Å²) >= 11 is 12.2. The van der Waals surface area contributed by atoms with Gasteiger partial charge in [-0.15, -0.1) is 0 Å². The van der Waals surface area contributed by atoms with Gasteiger partial charge in [-0.1, -0.05) is 48.3 Å². The molecule has 38 heavy (non-hydrogen) atoms. The summed E-state index contributed by atoms with van der Waals surface area (Å²) in [5.41, 5.74) is 1.14. The summed E-state index contributed by atoms with van der Waals surface area (Å²) in [5.74, 6) is -0.103. The van der Waals surface area contributed by atoms with Gasteiger partial charge < -0.3 is 15.0 Å². The molecule has 2 rings (SSSR count). The van der Waals surface area contributed by atoms with Crippen molar-refractivity contribution in [2.24, 2.45) is 0 Å². The van der Waals surface area contributed by atoms with Crippen LogP contribution in [0, 0.1) is 0 Å². The molecule has 0 spiro atoms. The van der Waals surface area contributed by atoms with E-state index in [2.05, 4.69) is 5.32 Å². The van der Waals surface area contributed by atoms with Gasteiger partial charge in [0.2, 0.25) is 21.8 Å². The van der Waals surface area contributed by atoms with Gasteiger partial charge in [-0.25, -0.2) is 8.42 Å². The van der Waals surface area contributed by atoms with E-state index in [-0.39, 0.29) is 43.8 Å². The van der Waals surface area contributed by atoms with Crippen LogP contribution in [0.5, 0.6) is 5.75 Å². The maximum Gasteiger partial charge on any atom is 0.242 e. The first kappa shape index (κ1) is 31.7. The Morgan fingerprint density at radius 1 is 1.05 bits per heavy atom. The zero-order valence-electron chi connectivity index (χ0n) is 22.5. The molecule has 0 fully saturated rings. The van der Waals surface area contributed by atoms with E-state index in [1.807, 2.05) is 20.8 Å². The highest BCUT2D eigenvalue weighted by atomic mass is 35.5. The van der Waals surface area contributed by atoms with Crippen LogP contribution in [0.2, 0.25) is 10.0 Å². The highest BCUT2D eigenvalue weighted by Crippen LogP contribution is 2.30. The van der Waals surface area contributed by atoms with Crippen molar-refractivity contribution in [2.45, 2.75) is 65.6 Å². The van der Waals surface area contributed by atoms with E-state index in [1.165, 1.54) is 9.21 Å². The number of anilines is 1. The van der Waals surface area contributed by atoms with Gasteiger partial charge >= 0.3 is 0 Å². The molecule has 8 nitrogen and oxygen atoms in total. The molecule has 0 aromatic heterocycles. The summed E-state index contributed by atoms with van der Waals surface area (Å²) in [5, 5.41) is 3.67. The van der Waals surface area contributed by atoms with E-state index in [0.717, 1.165) is 18.2 Å². The monoisotopic (exact) mass is 585 g/mol. The molecule has 1 N–H and O–H groups in total. The normalized spacial score (nSPS) is 12.9. The number of sulfonamides is 1. The predicted molar refractivity (Wildman–Crippen MR) is 153 cm³/mol. The van der Waals surface area contributed by atoms with Crippen molar-refractivity contribution < 1.29 is 22.7 Å². The Bertz CT molecular complexity index is 1210. The standard InChI is InChI=1S/C27H37Cl2N3O5S/c1-6-19(3)30-27(34)20(4)31(18-21-14-15-22(28)23(29)17-21)26(33)13-10-16-32(38(5,35)36)24-11-8-9-12-25(24)37-7-2/h8-9,11-12,14-15,17,19-20H,6-7,10,13,16,18H2,1-5H3,(H,30,34). The summed E-state index contributed by atoms with van der Waals surface area (Å²) in [6.45, 7) is 7.96. The minimum absolute atomic E-state index is 0.0328. The lowest BCUT2D eigenvalue weighted by Gasteiger charge is -2.30. The number of halogens is 2. The second-order valence-electron chi connectivity index (χ2n) is 9.10. The van der Waals surface area contributed by atoms with Crippen molar-refractivity contribution in [3.05, 3.63) is 58.1 Å². The topological polar surface area (TPSA) is 96.0 Å². The molecule has 0 aliphatic carbocycles. The van der Waals surface area contributed by atoms with E-state index in [0.29, 0.717) is 28.1 Å². The molecular formula is C27H37Cl2N3O5S. The molecule has 2 unspecified atom stereocenters. The fraction of sp³-hybridized carbons (Fsp3) is 0.481. The van der Waals surface area contributed by atoms with Crippen molar-refractivity contribution in [1.82, 2.24) is 10.2 Å². The fourth-order valence-corrected chi connectivity index (χ4v) is 5.10. The second-order valence-corrected chi connectivity index (χ2v) is 11.8. The van der Waals surface area contributed by atoms with Crippen LogP contribution in [0.15, 0.2) is 42.5 Å². The summed E-state index contributed by atoms with van der Waals surface area (Å²) in [6.07, 6.45) is 2.15. The van der Waals surface area contributed by atoms with E-state index >= 15 is 0 Å². The van der Waals surface area contributed by atoms with Gasteiger partial charge in [0.15, 0.2) is 0 Å². The molecule has 0 saturated carbocycles. The lowest BCUT2D eigenvalue weighted by molar-refractivity contribution is -0.140. The highest BCUT2D eigenvalue weighted by Gasteiger charge is 2.28. The minimum Gasteiger partial charge on any atom is -0.492 e. The van der Waals surface area contributed by atoms with Gasteiger partial charge in [-0.3, -0.25) is 13.9 Å². The molecule has 2 aromatic rings. The molecule has 0 aliphatic rings. The van der Waals surface area contributed by atoms with Crippen molar-refractivity contribution >= 4 is 50.7 Å². The number of carbonyl (C=O) groups is 2. The number of ether oxygens (including phenoxy) is 1. The van der Waals surface area contributed by atoms with Crippen LogP contribution in [-0.4, -0.2) is 56.6 Å². The number of hydrogen-bond donors (Lipinski definition) is 1. The molecule has 0 bridgehead atoms. The molecule has 0 radical (unpaired) electrons. The number of hydrogen-bond acceptors (Lipinski definition) is 5. The molecule has 11 heteroatoms. The van der Waals surface area contributed by atoms with E-state index in [1.54, 1.807) is 49.4 Å². The Kier molecular flexibility index (Phi) is 12.2. The van der Waals surface area contributed by atoms with Gasteiger partial charge in [-0.05, 0) is 63.4 Å². The zero-order valence-corrected chi connectivity index (χ0v) is 24.9. The van der Waals surface area contributed by atoms with Crippen LogP contribution in [0.1, 0.15) is 52.5 Å². The van der Waals surface area contributed by atoms with Crippen molar-refractivity contribution in [3.63, 3.8) is 0 Å². The fourth-order valence-electron chi connectivity index (χ4n) is 3.81. The first-order valence-corrected chi connectivity index (χ1v) is 15.2. The SMILES string of the molecule is CCOc1ccccc1N(CCCC(=O)N(Cc1ccc(Cl)c(Cl)c1)C(C)C(=O)NC(C)CC)S(C)(=O)=O. The predicted octanol–water partition coefficient (Wildman–Crippen LogP) is 5.27. The third-order valence-corrected chi connectivity index (χ3v) is 8.01. The number of para-hydroxylation sites is 2. The third kappa shape index (κ3) is 9.06. The van der Waals surface area contributed by atoms with Crippen molar-refractivity contribution in [3.8, 4) is 5.75 Å². The summed E-state index contributed by atoms with van der Waals surface area (Å²) in [7, 11) is -3.64. The van der Waals surface area contributed by atoms with Crippen LogP contribution < -0.4 is 14.4 Å². The van der Waals surface area contributed by atoms with Crippen LogP contribution in [0.4, 0.5) is 5.69 Å². The Balaban J connectivity index is 2.24. The van der Waals surface area contributed by atoms with Gasteiger partial charge in [0.1, 0.15) is 11.8 Å². The molecule has 2 amide bonds. The molecule has 2 aromatic carbocycles. The van der Waals surface area contributed by atoms with Crippen LogP contribution in [0.25, 0.3) is 0 Å². The molecule has 0 heterocycles. The lowest BCUT2D eigenvalue weighted by atomic mass is 10.1. The van der Waals surface area contributed by atoms with Crippen molar-refractivity contribution in [1.29, 1.82) is 0 Å². The Morgan fingerprint density at radius 3 is 2.34 bits per heavy atom. The maximum atomic E-state index is 13.4. The number of carbonyl (C=O) groups excluding carboxylic acids is 2. The number of nitrogens with zero attached hydrogens (tertiary/aromatic N) is 2. The van der Waals surface area contributed by atoms with Crippen LogP contribution >= 0.6 is 23.2 Å². The smallest absolute Gasteiger partial charge is 0.242 e. The molecule has 0 aliphatic heterocycles. The van der Waals surface area contributed by atoms with Crippen molar-refractivity contribution in [2.75, 3.05) is 23.7 Å². The largest absolute Gasteiger partial charge is 0.492 e. The van der Waals surface area contributed by atoms with Gasteiger partial charge in [0.05, 0.1) is 28.6 Å². The van der Waals surface area contributed by atoms with E-state index in [9.17, 15) is 18.0 Å². The average Bonchev–Trinajstić information content (AvgIpc) is 2.86. The summed E-state index contributed by atoms with van der Waals surface area (Å²) < 4.78 is 32.1. The third-order valence-electron chi connectivity index (χ3n) is 6.09. The molecule has 210 valence electrons. The van der Waals surface area contributed by atoms with E-state index < -0.39 is 16.1 Å². The van der Waals surface area contributed by atoms with Gasteiger partial charge in [0, 0.05) is 25.6 Å².